The molecule has 0 unspecified atom stereocenters. The number of nitrogens with zero attached hydrogens (tertiary/aromatic N) is 2. The number of nitrogens with one attached hydrogen (secondary N) is 1. The zero-order valence-electron chi connectivity index (χ0n) is 11.2. The molecule has 0 aliphatic rings. The molecule has 5 nitrogen and oxygen atoms in total. The zero-order valence-corrected chi connectivity index (χ0v) is 11.2. The van der Waals surface area contributed by atoms with Crippen LogP contribution >= 0.6 is 0 Å². The summed E-state index contributed by atoms with van der Waals surface area (Å²) < 4.78 is 28.4. The number of hydrogen-bond acceptors (Lipinski definition) is 4. The third-order valence-corrected chi connectivity index (χ3v) is 2.75. The fraction of sp³-hybridized carbons (Fsp3) is 0.214. The van der Waals surface area contributed by atoms with E-state index in [9.17, 15) is 13.6 Å². The van der Waals surface area contributed by atoms with E-state index in [2.05, 4.69) is 20.0 Å². The first-order chi connectivity index (χ1) is 10.1. The Bertz CT molecular complexity index is 591. The molecule has 1 aromatic carbocycles. The molecular weight excluding hydrogens is 280 g/mol. The van der Waals surface area contributed by atoms with Gasteiger partial charge in [-0.25, -0.2) is 4.98 Å². The van der Waals surface area contributed by atoms with E-state index >= 15 is 0 Å². The van der Waals surface area contributed by atoms with Crippen molar-refractivity contribution in [3.05, 3.63) is 54.1 Å². The second kappa shape index (κ2) is 6.74. The summed E-state index contributed by atoms with van der Waals surface area (Å²) in [7, 11) is 0. The quantitative estimate of drug-likeness (QED) is 0.920. The first-order valence-corrected chi connectivity index (χ1v) is 6.18. The lowest BCUT2D eigenvalue weighted by atomic mass is 10.1. The molecule has 0 aliphatic carbocycles. The number of hydrogen-bond donors (Lipinski definition) is 1. The smallest absolute Gasteiger partial charge is 0.387 e. The monoisotopic (exact) mass is 293 g/mol. The van der Waals surface area contributed by atoms with Crippen LogP contribution in [0.4, 0.5) is 8.78 Å². The van der Waals surface area contributed by atoms with Gasteiger partial charge in [-0.3, -0.25) is 9.78 Å². The maximum atomic E-state index is 12.0. The van der Waals surface area contributed by atoms with Crippen LogP contribution in [0.2, 0.25) is 0 Å². The van der Waals surface area contributed by atoms with E-state index < -0.39 is 6.61 Å². The lowest BCUT2D eigenvalue weighted by molar-refractivity contribution is -0.0498. The second-order valence-corrected chi connectivity index (χ2v) is 4.23. The number of rotatable bonds is 5. The van der Waals surface area contributed by atoms with E-state index in [1.807, 2.05) is 0 Å². The van der Waals surface area contributed by atoms with Crippen molar-refractivity contribution in [3.8, 4) is 5.75 Å². The van der Waals surface area contributed by atoms with Gasteiger partial charge in [-0.05, 0) is 24.6 Å². The molecule has 21 heavy (non-hydrogen) atoms. The number of halogens is 2. The van der Waals surface area contributed by atoms with Crippen molar-refractivity contribution in [2.45, 2.75) is 19.6 Å². The number of carbonyl (C=O) groups excluding carboxylic acids is 1. The van der Waals surface area contributed by atoms with Crippen molar-refractivity contribution < 1.29 is 18.3 Å². The lowest BCUT2D eigenvalue weighted by Crippen LogP contribution is -2.27. The van der Waals surface area contributed by atoms with Crippen molar-refractivity contribution >= 4 is 5.91 Å². The van der Waals surface area contributed by atoms with Crippen molar-refractivity contribution in [2.24, 2.45) is 0 Å². The standard InChI is InChI=1S/C14H13F2N3O2/c1-9(19-13(20)12-8-17-6-7-18-12)10-2-4-11(5-3-10)21-14(15)16/h2-9,14H,1H3,(H,19,20)/t9-/m0/s1. The first-order valence-electron chi connectivity index (χ1n) is 6.18. The van der Waals surface area contributed by atoms with Crippen molar-refractivity contribution in [1.82, 2.24) is 15.3 Å². The minimum atomic E-state index is -2.86. The number of benzene rings is 1. The van der Waals surface area contributed by atoms with Gasteiger partial charge in [0.15, 0.2) is 0 Å². The van der Waals surface area contributed by atoms with E-state index in [0.717, 1.165) is 5.56 Å². The molecule has 1 aromatic heterocycles. The second-order valence-electron chi connectivity index (χ2n) is 4.23. The molecule has 1 atom stereocenters. The fourth-order valence-corrected chi connectivity index (χ4v) is 1.71. The molecular formula is C14H13F2N3O2. The molecule has 0 bridgehead atoms. The van der Waals surface area contributed by atoms with Crippen LogP contribution in [0.25, 0.3) is 0 Å². The molecule has 0 saturated heterocycles. The third-order valence-electron chi connectivity index (χ3n) is 2.75. The SMILES string of the molecule is C[C@H](NC(=O)c1cnccn1)c1ccc(OC(F)F)cc1. The Morgan fingerprint density at radius 3 is 2.52 bits per heavy atom. The number of aromatic nitrogens is 2. The van der Waals surface area contributed by atoms with E-state index in [1.54, 1.807) is 19.1 Å². The summed E-state index contributed by atoms with van der Waals surface area (Å²) in [4.78, 5) is 19.6. The molecule has 0 saturated carbocycles. The predicted octanol–water partition coefficient (Wildman–Crippen LogP) is 2.57. The molecule has 1 N–H and O–H groups in total. The lowest BCUT2D eigenvalue weighted by Gasteiger charge is -2.14. The van der Waals surface area contributed by atoms with Crippen molar-refractivity contribution in [2.75, 3.05) is 0 Å². The number of alkyl halides is 2. The van der Waals surface area contributed by atoms with Crippen LogP contribution in [0, 0.1) is 0 Å². The van der Waals surface area contributed by atoms with E-state index in [-0.39, 0.29) is 23.4 Å². The minimum Gasteiger partial charge on any atom is -0.435 e. The Morgan fingerprint density at radius 2 is 1.95 bits per heavy atom. The summed E-state index contributed by atoms with van der Waals surface area (Å²) in [5.74, 6) is -0.287. The molecule has 0 radical (unpaired) electrons. The summed E-state index contributed by atoms with van der Waals surface area (Å²) >= 11 is 0. The highest BCUT2D eigenvalue weighted by Crippen LogP contribution is 2.19. The highest BCUT2D eigenvalue weighted by atomic mass is 19.3. The summed E-state index contributed by atoms with van der Waals surface area (Å²) in [6.07, 6.45) is 4.26. The number of carbonyl (C=O) groups is 1. The Kier molecular flexibility index (Phi) is 4.76. The van der Waals surface area contributed by atoms with Crippen LogP contribution in [0.1, 0.15) is 29.0 Å². The topological polar surface area (TPSA) is 64.1 Å². The first kappa shape index (κ1) is 14.8. The summed E-state index contributed by atoms with van der Waals surface area (Å²) in [5, 5.41) is 2.74. The van der Waals surface area contributed by atoms with E-state index in [0.29, 0.717) is 0 Å². The van der Waals surface area contributed by atoms with Gasteiger partial charge in [-0.1, -0.05) is 12.1 Å². The number of amides is 1. The van der Waals surface area contributed by atoms with Gasteiger partial charge in [0.2, 0.25) is 0 Å². The maximum absolute atomic E-state index is 12.0. The maximum Gasteiger partial charge on any atom is 0.387 e. The summed E-state index contributed by atoms with van der Waals surface area (Å²) in [5.41, 5.74) is 0.968. The van der Waals surface area contributed by atoms with Gasteiger partial charge < -0.3 is 10.1 Å². The molecule has 7 heteroatoms. The molecule has 0 fully saturated rings. The molecule has 2 rings (SSSR count). The minimum absolute atomic E-state index is 0.0706. The molecule has 1 heterocycles. The van der Waals surface area contributed by atoms with Gasteiger partial charge in [0.05, 0.1) is 12.2 Å². The Morgan fingerprint density at radius 1 is 1.24 bits per heavy atom. The van der Waals surface area contributed by atoms with Crippen LogP contribution in [0.5, 0.6) is 5.75 Å². The van der Waals surface area contributed by atoms with Crippen LogP contribution < -0.4 is 10.1 Å². The van der Waals surface area contributed by atoms with Crippen LogP contribution in [-0.2, 0) is 0 Å². The van der Waals surface area contributed by atoms with E-state index in [1.165, 1.54) is 30.7 Å². The van der Waals surface area contributed by atoms with Gasteiger partial charge >= 0.3 is 6.61 Å². The predicted molar refractivity (Wildman–Crippen MR) is 71.0 cm³/mol. The van der Waals surface area contributed by atoms with Gasteiger partial charge in [0.25, 0.3) is 5.91 Å². The zero-order chi connectivity index (χ0) is 15.2. The fourth-order valence-electron chi connectivity index (χ4n) is 1.71. The highest BCUT2D eigenvalue weighted by molar-refractivity contribution is 5.92. The van der Waals surface area contributed by atoms with Crippen LogP contribution in [-0.4, -0.2) is 22.5 Å². The molecule has 110 valence electrons. The Hall–Kier alpha value is -2.57. The van der Waals surface area contributed by atoms with Gasteiger partial charge in [-0.2, -0.15) is 8.78 Å². The molecule has 0 aliphatic heterocycles. The largest absolute Gasteiger partial charge is 0.435 e. The van der Waals surface area contributed by atoms with Crippen LogP contribution in [0.15, 0.2) is 42.9 Å². The van der Waals surface area contributed by atoms with Gasteiger partial charge in [0, 0.05) is 12.4 Å². The van der Waals surface area contributed by atoms with Crippen LogP contribution in [0.3, 0.4) is 0 Å². The molecule has 2 aromatic rings. The highest BCUT2D eigenvalue weighted by Gasteiger charge is 2.13. The third kappa shape index (κ3) is 4.20. The Balaban J connectivity index is 2.00. The average Bonchev–Trinajstić information content (AvgIpc) is 2.48. The van der Waals surface area contributed by atoms with Crippen molar-refractivity contribution in [1.29, 1.82) is 0 Å². The molecule has 0 spiro atoms. The average molecular weight is 293 g/mol. The summed E-state index contributed by atoms with van der Waals surface area (Å²) in [6.45, 7) is -1.08. The molecule has 1 amide bonds. The van der Waals surface area contributed by atoms with Gasteiger partial charge in [0.1, 0.15) is 11.4 Å². The Labute approximate surface area is 120 Å². The normalized spacial score (nSPS) is 12.0. The summed E-state index contributed by atoms with van der Waals surface area (Å²) in [6, 6.07) is 5.76. The van der Waals surface area contributed by atoms with E-state index in [4.69, 9.17) is 0 Å². The number of ether oxygens (including phenoxy) is 1. The van der Waals surface area contributed by atoms with Crippen molar-refractivity contribution in [3.63, 3.8) is 0 Å². The van der Waals surface area contributed by atoms with Gasteiger partial charge in [-0.15, -0.1) is 0 Å².